The highest BCUT2D eigenvalue weighted by Gasteiger charge is 2.07. The van der Waals surface area contributed by atoms with Gasteiger partial charge < -0.3 is 9.64 Å². The second kappa shape index (κ2) is 10.2. The van der Waals surface area contributed by atoms with Gasteiger partial charge in [0.05, 0.1) is 12.3 Å². The van der Waals surface area contributed by atoms with Gasteiger partial charge in [0.15, 0.2) is 0 Å². The van der Waals surface area contributed by atoms with E-state index in [4.69, 9.17) is 9.72 Å². The summed E-state index contributed by atoms with van der Waals surface area (Å²) in [6.45, 7) is 2.69. The average Bonchev–Trinajstić information content (AvgIpc) is 3.29. The first-order chi connectivity index (χ1) is 14.8. The Labute approximate surface area is 182 Å². The summed E-state index contributed by atoms with van der Waals surface area (Å²) in [5.41, 5.74) is 4.62. The summed E-state index contributed by atoms with van der Waals surface area (Å²) in [7, 11) is 2.15. The van der Waals surface area contributed by atoms with Crippen LogP contribution >= 0.6 is 11.3 Å². The van der Waals surface area contributed by atoms with Crippen molar-refractivity contribution in [1.82, 2.24) is 9.88 Å². The van der Waals surface area contributed by atoms with Gasteiger partial charge in [-0.1, -0.05) is 60.7 Å². The maximum Gasteiger partial charge on any atom is 0.124 e. The summed E-state index contributed by atoms with van der Waals surface area (Å²) in [6, 6.07) is 29.1. The first-order valence-electron chi connectivity index (χ1n) is 10.2. The van der Waals surface area contributed by atoms with Crippen LogP contribution in [0.2, 0.25) is 0 Å². The third-order valence-corrected chi connectivity index (χ3v) is 5.81. The third-order valence-electron chi connectivity index (χ3n) is 4.92. The van der Waals surface area contributed by atoms with Gasteiger partial charge in [-0.2, -0.15) is 0 Å². The van der Waals surface area contributed by atoms with Gasteiger partial charge in [0, 0.05) is 29.6 Å². The molecule has 0 radical (unpaired) electrons. The summed E-state index contributed by atoms with van der Waals surface area (Å²) in [5, 5.41) is 3.16. The minimum atomic E-state index is 0.716. The van der Waals surface area contributed by atoms with E-state index in [1.807, 2.05) is 30.3 Å². The van der Waals surface area contributed by atoms with Crippen molar-refractivity contribution in [1.29, 1.82) is 0 Å². The minimum absolute atomic E-state index is 0.716. The van der Waals surface area contributed by atoms with E-state index >= 15 is 0 Å². The van der Waals surface area contributed by atoms with E-state index in [1.54, 1.807) is 11.3 Å². The summed E-state index contributed by atoms with van der Waals surface area (Å²) in [6.07, 6.45) is 0.998. The lowest BCUT2D eigenvalue weighted by atomic mass is 10.1. The molecule has 0 spiro atoms. The molecule has 0 saturated heterocycles. The van der Waals surface area contributed by atoms with Crippen molar-refractivity contribution in [3.05, 3.63) is 95.9 Å². The Kier molecular flexibility index (Phi) is 6.91. The Hall–Kier alpha value is -2.95. The van der Waals surface area contributed by atoms with Crippen LogP contribution < -0.4 is 4.74 Å². The zero-order chi connectivity index (χ0) is 20.6. The molecule has 0 saturated carbocycles. The number of thiazole rings is 1. The second-order valence-electron chi connectivity index (χ2n) is 7.35. The monoisotopic (exact) mass is 414 g/mol. The Morgan fingerprint density at radius 2 is 1.53 bits per heavy atom. The fourth-order valence-electron chi connectivity index (χ4n) is 3.34. The largest absolute Gasteiger partial charge is 0.494 e. The number of ether oxygens (including phenoxy) is 1. The highest BCUT2D eigenvalue weighted by Crippen LogP contribution is 2.29. The van der Waals surface area contributed by atoms with Crippen LogP contribution in [0.5, 0.6) is 5.75 Å². The maximum absolute atomic E-state index is 5.93. The molecule has 0 fully saturated rings. The van der Waals surface area contributed by atoms with E-state index in [0.717, 1.165) is 47.1 Å². The molecule has 1 heterocycles. The van der Waals surface area contributed by atoms with Gasteiger partial charge in [0.2, 0.25) is 0 Å². The number of nitrogens with zero attached hydrogens (tertiary/aromatic N) is 2. The van der Waals surface area contributed by atoms with Crippen molar-refractivity contribution in [2.24, 2.45) is 0 Å². The molecule has 0 N–H and O–H groups in total. The van der Waals surface area contributed by atoms with E-state index in [-0.39, 0.29) is 0 Å². The van der Waals surface area contributed by atoms with E-state index in [2.05, 4.69) is 71.9 Å². The van der Waals surface area contributed by atoms with Crippen molar-refractivity contribution < 1.29 is 4.74 Å². The van der Waals surface area contributed by atoms with Crippen LogP contribution in [-0.4, -0.2) is 30.1 Å². The van der Waals surface area contributed by atoms with Crippen LogP contribution in [0.25, 0.3) is 21.8 Å². The molecule has 0 atom stereocenters. The Morgan fingerprint density at radius 3 is 2.27 bits per heavy atom. The number of hydrogen-bond acceptors (Lipinski definition) is 4. The van der Waals surface area contributed by atoms with Crippen molar-refractivity contribution in [3.63, 3.8) is 0 Å². The van der Waals surface area contributed by atoms with Crippen LogP contribution in [0.3, 0.4) is 0 Å². The van der Waals surface area contributed by atoms with E-state index in [9.17, 15) is 0 Å². The summed E-state index contributed by atoms with van der Waals surface area (Å²) in [4.78, 5) is 7.11. The molecule has 30 heavy (non-hydrogen) atoms. The smallest absolute Gasteiger partial charge is 0.124 e. The van der Waals surface area contributed by atoms with Crippen molar-refractivity contribution in [3.8, 4) is 27.6 Å². The molecular weight excluding hydrogens is 388 g/mol. The molecule has 0 aliphatic rings. The number of benzene rings is 3. The van der Waals surface area contributed by atoms with Gasteiger partial charge in [0.25, 0.3) is 0 Å². The van der Waals surface area contributed by atoms with E-state index < -0.39 is 0 Å². The molecule has 0 unspecified atom stereocenters. The van der Waals surface area contributed by atoms with E-state index in [0.29, 0.717) is 6.61 Å². The van der Waals surface area contributed by atoms with Crippen LogP contribution in [0.15, 0.2) is 90.3 Å². The van der Waals surface area contributed by atoms with Gasteiger partial charge in [-0.05, 0) is 43.3 Å². The topological polar surface area (TPSA) is 25.4 Å². The fraction of sp³-hybridized carbons (Fsp3) is 0.192. The van der Waals surface area contributed by atoms with Gasteiger partial charge >= 0.3 is 0 Å². The third kappa shape index (κ3) is 5.56. The van der Waals surface area contributed by atoms with Gasteiger partial charge in [-0.15, -0.1) is 11.3 Å². The highest BCUT2D eigenvalue weighted by molar-refractivity contribution is 7.13. The zero-order valence-electron chi connectivity index (χ0n) is 17.2. The normalized spacial score (nSPS) is 11.0. The quantitative estimate of drug-likeness (QED) is 0.297. The molecule has 152 valence electrons. The van der Waals surface area contributed by atoms with Gasteiger partial charge in [-0.3, -0.25) is 0 Å². The number of rotatable bonds is 9. The van der Waals surface area contributed by atoms with Crippen LogP contribution in [-0.2, 0) is 6.54 Å². The van der Waals surface area contributed by atoms with E-state index in [1.165, 1.54) is 5.56 Å². The number of aromatic nitrogens is 1. The molecule has 0 amide bonds. The first-order valence-corrected chi connectivity index (χ1v) is 11.1. The molecule has 4 heteroatoms. The van der Waals surface area contributed by atoms with Crippen molar-refractivity contribution in [2.45, 2.75) is 13.0 Å². The lowest BCUT2D eigenvalue weighted by molar-refractivity contribution is 0.259. The fourth-order valence-corrected chi connectivity index (χ4v) is 4.18. The average molecular weight is 415 g/mol. The predicted octanol–water partition coefficient (Wildman–Crippen LogP) is 6.38. The zero-order valence-corrected chi connectivity index (χ0v) is 18.0. The number of hydrogen-bond donors (Lipinski definition) is 0. The second-order valence-corrected chi connectivity index (χ2v) is 8.21. The first kappa shape index (κ1) is 20.3. The van der Waals surface area contributed by atoms with Crippen molar-refractivity contribution >= 4 is 11.3 Å². The Bertz CT molecular complexity index is 1030. The summed E-state index contributed by atoms with van der Waals surface area (Å²) in [5.74, 6) is 0.906. The molecule has 0 bridgehead atoms. The Morgan fingerprint density at radius 1 is 0.833 bits per heavy atom. The molecule has 3 nitrogen and oxygen atoms in total. The summed E-state index contributed by atoms with van der Waals surface area (Å²) < 4.78 is 5.93. The molecule has 0 aliphatic heterocycles. The highest BCUT2D eigenvalue weighted by atomic mass is 32.1. The predicted molar refractivity (Wildman–Crippen MR) is 126 cm³/mol. The molecule has 1 aromatic heterocycles. The SMILES string of the molecule is CN(CCCOc1ccc(-c2csc(-c3ccccc3)n2)cc1)Cc1ccccc1. The lowest BCUT2D eigenvalue weighted by Gasteiger charge is -2.16. The van der Waals surface area contributed by atoms with Gasteiger partial charge in [-0.25, -0.2) is 4.98 Å². The molecular formula is C26H26N2OS. The molecule has 0 aliphatic carbocycles. The van der Waals surface area contributed by atoms with Gasteiger partial charge in [0.1, 0.15) is 10.8 Å². The molecule has 3 aromatic carbocycles. The Balaban J connectivity index is 1.25. The molecule has 4 aromatic rings. The van der Waals surface area contributed by atoms with Crippen LogP contribution in [0.1, 0.15) is 12.0 Å². The maximum atomic E-state index is 5.93. The van der Waals surface area contributed by atoms with Crippen LogP contribution in [0, 0.1) is 0 Å². The van der Waals surface area contributed by atoms with Crippen LogP contribution in [0.4, 0.5) is 0 Å². The van der Waals surface area contributed by atoms with Crippen molar-refractivity contribution in [2.75, 3.05) is 20.2 Å². The standard InChI is InChI=1S/C26H26N2OS/c1-28(19-21-9-4-2-5-10-21)17-8-18-29-24-15-13-22(14-16-24)25-20-30-26(27-25)23-11-6-3-7-12-23/h2-7,9-16,20H,8,17-19H2,1H3. The minimum Gasteiger partial charge on any atom is -0.494 e. The molecule has 4 rings (SSSR count). The lowest BCUT2D eigenvalue weighted by Crippen LogP contribution is -2.20. The summed E-state index contributed by atoms with van der Waals surface area (Å²) >= 11 is 1.67.